The molecule has 3 rings (SSSR count). The third-order valence-corrected chi connectivity index (χ3v) is 4.51. The van der Waals surface area contributed by atoms with Gasteiger partial charge in [0, 0.05) is 18.1 Å². The highest BCUT2D eigenvalue weighted by molar-refractivity contribution is 6.30. The molecule has 0 saturated carbocycles. The van der Waals surface area contributed by atoms with E-state index in [1.165, 1.54) is 5.56 Å². The van der Waals surface area contributed by atoms with Crippen molar-refractivity contribution in [3.63, 3.8) is 0 Å². The number of nitrogens with one attached hydrogen (secondary N) is 2. The average Bonchev–Trinajstić information content (AvgIpc) is 3.12. The lowest BCUT2D eigenvalue weighted by atomic mass is 10.0. The molecule has 2 aromatic carbocycles. The predicted molar refractivity (Wildman–Crippen MR) is 98.4 cm³/mol. The van der Waals surface area contributed by atoms with Crippen LogP contribution in [0.25, 0.3) is 0 Å². The molecule has 2 aromatic rings. The topological polar surface area (TPSA) is 53.6 Å². The van der Waals surface area contributed by atoms with Crippen molar-refractivity contribution in [2.75, 3.05) is 20.2 Å². The summed E-state index contributed by atoms with van der Waals surface area (Å²) in [5, 5.41) is 0.634. The number of ether oxygens (including phenoxy) is 1. The van der Waals surface area contributed by atoms with Gasteiger partial charge in [-0.05, 0) is 30.2 Å². The first-order chi connectivity index (χ1) is 12.1. The number of benzene rings is 2. The molecular formula is C19H22ClN3O2. The molecule has 1 saturated heterocycles. The van der Waals surface area contributed by atoms with Crippen LogP contribution in [0.15, 0.2) is 54.6 Å². The van der Waals surface area contributed by atoms with Crippen LogP contribution in [0, 0.1) is 0 Å². The summed E-state index contributed by atoms with van der Waals surface area (Å²) >= 11 is 5.93. The van der Waals surface area contributed by atoms with Crippen molar-refractivity contribution in [2.45, 2.75) is 18.5 Å². The Kier molecular flexibility index (Phi) is 5.91. The Labute approximate surface area is 152 Å². The number of hydrogen-bond acceptors (Lipinski definition) is 4. The fourth-order valence-corrected chi connectivity index (χ4v) is 3.04. The highest BCUT2D eigenvalue weighted by atomic mass is 35.5. The third kappa shape index (κ3) is 4.72. The molecule has 1 aliphatic rings. The number of nitrogens with zero attached hydrogens (tertiary/aromatic N) is 1. The van der Waals surface area contributed by atoms with Crippen molar-refractivity contribution < 1.29 is 9.53 Å². The van der Waals surface area contributed by atoms with Crippen LogP contribution in [0.1, 0.15) is 18.0 Å². The molecule has 25 heavy (non-hydrogen) atoms. The molecule has 0 spiro atoms. The van der Waals surface area contributed by atoms with E-state index in [2.05, 4.69) is 23.0 Å². The van der Waals surface area contributed by atoms with Crippen LogP contribution in [0.2, 0.25) is 5.02 Å². The summed E-state index contributed by atoms with van der Waals surface area (Å²) in [6, 6.07) is 17.3. The van der Waals surface area contributed by atoms with Crippen LogP contribution >= 0.6 is 11.6 Å². The predicted octanol–water partition coefficient (Wildman–Crippen LogP) is 2.79. The van der Waals surface area contributed by atoms with E-state index in [4.69, 9.17) is 16.3 Å². The lowest BCUT2D eigenvalue weighted by Gasteiger charge is -2.21. The fourth-order valence-electron chi connectivity index (χ4n) is 2.86. The minimum absolute atomic E-state index is 0.0561. The van der Waals surface area contributed by atoms with Crippen LogP contribution < -0.4 is 15.6 Å². The van der Waals surface area contributed by atoms with Gasteiger partial charge in [0.2, 0.25) is 5.91 Å². The zero-order valence-corrected chi connectivity index (χ0v) is 14.9. The van der Waals surface area contributed by atoms with Gasteiger partial charge in [0.05, 0.1) is 6.54 Å². The standard InChI is InChI=1S/C19H22ClN3O2/c1-23(10-11-25-16-9-5-8-15(20)12-16)19(24)18-13-17(21-22-18)14-6-3-2-4-7-14/h2-9,12,17-18,21-22H,10-11,13H2,1H3. The first-order valence-electron chi connectivity index (χ1n) is 8.33. The first-order valence-corrected chi connectivity index (χ1v) is 8.70. The van der Waals surface area contributed by atoms with Crippen LogP contribution in [0.4, 0.5) is 0 Å². The Morgan fingerprint density at radius 2 is 2.00 bits per heavy atom. The number of carbonyl (C=O) groups is 1. The Morgan fingerprint density at radius 3 is 2.76 bits per heavy atom. The van der Waals surface area contributed by atoms with E-state index in [1.807, 2.05) is 30.3 Å². The van der Waals surface area contributed by atoms with Gasteiger partial charge in [-0.3, -0.25) is 4.79 Å². The monoisotopic (exact) mass is 359 g/mol. The number of rotatable bonds is 6. The van der Waals surface area contributed by atoms with E-state index >= 15 is 0 Å². The smallest absolute Gasteiger partial charge is 0.240 e. The molecule has 0 bridgehead atoms. The maximum absolute atomic E-state index is 12.6. The largest absolute Gasteiger partial charge is 0.492 e. The van der Waals surface area contributed by atoms with Crippen molar-refractivity contribution >= 4 is 17.5 Å². The molecule has 2 N–H and O–H groups in total. The molecule has 0 aromatic heterocycles. The summed E-state index contributed by atoms with van der Waals surface area (Å²) < 4.78 is 5.65. The number of halogens is 1. The van der Waals surface area contributed by atoms with Crippen molar-refractivity contribution in [1.82, 2.24) is 15.8 Å². The summed E-state index contributed by atoms with van der Waals surface area (Å²) in [7, 11) is 1.79. The van der Waals surface area contributed by atoms with Crippen LogP contribution in [-0.2, 0) is 4.79 Å². The Morgan fingerprint density at radius 1 is 1.20 bits per heavy atom. The molecule has 0 aliphatic carbocycles. The first kappa shape index (κ1) is 17.7. The van der Waals surface area contributed by atoms with Gasteiger partial charge in [-0.15, -0.1) is 0 Å². The maximum atomic E-state index is 12.6. The second kappa shape index (κ2) is 8.34. The quantitative estimate of drug-likeness (QED) is 0.832. The van der Waals surface area contributed by atoms with Gasteiger partial charge >= 0.3 is 0 Å². The SMILES string of the molecule is CN(CCOc1cccc(Cl)c1)C(=O)C1CC(c2ccccc2)NN1. The van der Waals surface area contributed by atoms with E-state index in [0.29, 0.717) is 23.9 Å². The number of carbonyl (C=O) groups excluding carboxylic acids is 1. The highest BCUT2D eigenvalue weighted by Gasteiger charge is 2.31. The molecule has 0 radical (unpaired) electrons. The summed E-state index contributed by atoms with van der Waals surface area (Å²) in [5.41, 5.74) is 7.48. The molecule has 1 aliphatic heterocycles. The average molecular weight is 360 g/mol. The minimum Gasteiger partial charge on any atom is -0.492 e. The van der Waals surface area contributed by atoms with Crippen LogP contribution in [0.3, 0.4) is 0 Å². The van der Waals surface area contributed by atoms with E-state index in [0.717, 1.165) is 6.42 Å². The van der Waals surface area contributed by atoms with E-state index in [9.17, 15) is 4.79 Å². The Balaban J connectivity index is 1.46. The lowest BCUT2D eigenvalue weighted by molar-refractivity contribution is -0.132. The molecule has 2 atom stereocenters. The molecule has 1 fully saturated rings. The number of hydrogen-bond donors (Lipinski definition) is 2. The fraction of sp³-hybridized carbons (Fsp3) is 0.316. The zero-order chi connectivity index (χ0) is 17.6. The van der Waals surface area contributed by atoms with Gasteiger partial charge in [0.1, 0.15) is 18.4 Å². The van der Waals surface area contributed by atoms with E-state index in [1.54, 1.807) is 24.1 Å². The summed E-state index contributed by atoms with van der Waals surface area (Å²) in [6.45, 7) is 0.935. The third-order valence-electron chi connectivity index (χ3n) is 4.27. The van der Waals surface area contributed by atoms with E-state index in [-0.39, 0.29) is 18.0 Å². The molecule has 132 valence electrons. The number of amides is 1. The second-order valence-electron chi connectivity index (χ2n) is 6.11. The number of likely N-dealkylation sites (N-methyl/N-ethyl adjacent to an activating group) is 1. The van der Waals surface area contributed by atoms with Gasteiger partial charge in [-0.2, -0.15) is 0 Å². The molecule has 2 unspecified atom stereocenters. The van der Waals surface area contributed by atoms with Gasteiger partial charge in [0.25, 0.3) is 0 Å². The maximum Gasteiger partial charge on any atom is 0.240 e. The minimum atomic E-state index is -0.235. The van der Waals surface area contributed by atoms with Gasteiger partial charge in [-0.25, -0.2) is 10.9 Å². The zero-order valence-electron chi connectivity index (χ0n) is 14.1. The van der Waals surface area contributed by atoms with Crippen molar-refractivity contribution in [3.8, 4) is 5.75 Å². The van der Waals surface area contributed by atoms with Crippen molar-refractivity contribution in [3.05, 3.63) is 65.2 Å². The van der Waals surface area contributed by atoms with Gasteiger partial charge < -0.3 is 9.64 Å². The second-order valence-corrected chi connectivity index (χ2v) is 6.54. The van der Waals surface area contributed by atoms with E-state index < -0.39 is 0 Å². The van der Waals surface area contributed by atoms with Crippen LogP contribution in [-0.4, -0.2) is 37.0 Å². The Hall–Kier alpha value is -2.08. The van der Waals surface area contributed by atoms with Crippen LogP contribution in [0.5, 0.6) is 5.75 Å². The summed E-state index contributed by atoms with van der Waals surface area (Å²) in [6.07, 6.45) is 0.725. The normalized spacial score (nSPS) is 19.6. The van der Waals surface area contributed by atoms with Gasteiger partial charge in [-0.1, -0.05) is 48.0 Å². The number of hydrazine groups is 1. The summed E-state index contributed by atoms with van der Waals surface area (Å²) in [4.78, 5) is 14.3. The summed E-state index contributed by atoms with van der Waals surface area (Å²) in [5.74, 6) is 0.763. The lowest BCUT2D eigenvalue weighted by Crippen LogP contribution is -2.45. The molecular weight excluding hydrogens is 338 g/mol. The Bertz CT molecular complexity index is 711. The molecule has 5 nitrogen and oxygen atoms in total. The molecule has 6 heteroatoms. The van der Waals surface area contributed by atoms with Crippen molar-refractivity contribution in [1.29, 1.82) is 0 Å². The van der Waals surface area contributed by atoms with Crippen molar-refractivity contribution in [2.24, 2.45) is 0 Å². The highest BCUT2D eigenvalue weighted by Crippen LogP contribution is 2.22. The molecule has 1 heterocycles. The van der Waals surface area contributed by atoms with Gasteiger partial charge in [0.15, 0.2) is 0 Å². The molecule has 1 amide bonds.